The molecule has 1 aliphatic heterocycles. The molecule has 2 aromatic heterocycles. The van der Waals surface area contributed by atoms with Gasteiger partial charge < -0.3 is 9.47 Å². The van der Waals surface area contributed by atoms with Crippen LogP contribution < -0.4 is 0 Å². The number of carbonyl (C=O) groups excluding carboxylic acids is 1. The summed E-state index contributed by atoms with van der Waals surface area (Å²) in [6.07, 6.45) is 7.86. The third-order valence-corrected chi connectivity index (χ3v) is 7.78. The first kappa shape index (κ1) is 25.4. The Morgan fingerprint density at radius 3 is 2.57 bits per heavy atom. The number of halogens is 2. The van der Waals surface area contributed by atoms with Crippen LogP contribution in [0.1, 0.15) is 54.1 Å². The minimum atomic E-state index is -0.424. The van der Waals surface area contributed by atoms with Crippen LogP contribution >= 0.6 is 11.6 Å². The lowest BCUT2D eigenvalue weighted by Gasteiger charge is -2.32. The van der Waals surface area contributed by atoms with Crippen LogP contribution in [0.5, 0.6) is 0 Å². The molecule has 1 saturated heterocycles. The van der Waals surface area contributed by atoms with Gasteiger partial charge in [0.15, 0.2) is 0 Å². The van der Waals surface area contributed by atoms with Gasteiger partial charge in [0.05, 0.1) is 23.0 Å². The number of piperidine rings is 1. The fraction of sp³-hybridized carbons (Fsp3) is 0.333. The zero-order chi connectivity index (χ0) is 26.1. The number of pyridine rings is 1. The lowest BCUT2D eigenvalue weighted by Crippen LogP contribution is -2.33. The zero-order valence-corrected chi connectivity index (χ0v) is 22.3. The van der Waals surface area contributed by atoms with Crippen molar-refractivity contribution in [3.8, 4) is 5.69 Å². The van der Waals surface area contributed by atoms with Gasteiger partial charge in [-0.1, -0.05) is 23.7 Å². The summed E-state index contributed by atoms with van der Waals surface area (Å²) >= 11 is 6.04. The maximum absolute atomic E-state index is 14.3. The Kier molecular flexibility index (Phi) is 7.31. The molecular formula is C30H32ClFN4O. The van der Waals surface area contributed by atoms with E-state index in [-0.39, 0.29) is 11.9 Å². The molecule has 0 aliphatic carbocycles. The van der Waals surface area contributed by atoms with Gasteiger partial charge in [-0.3, -0.25) is 14.7 Å². The molecule has 0 unspecified atom stereocenters. The number of benzene rings is 2. The second-order valence-corrected chi connectivity index (χ2v) is 10.6. The van der Waals surface area contributed by atoms with Gasteiger partial charge >= 0.3 is 0 Å². The number of aromatic nitrogens is 2. The van der Waals surface area contributed by atoms with E-state index in [1.54, 1.807) is 18.0 Å². The molecule has 0 radical (unpaired) electrons. The molecule has 1 aliphatic rings. The van der Waals surface area contributed by atoms with E-state index < -0.39 is 5.82 Å². The molecule has 37 heavy (non-hydrogen) atoms. The van der Waals surface area contributed by atoms with Gasteiger partial charge in [0.2, 0.25) is 0 Å². The van der Waals surface area contributed by atoms with E-state index in [0.717, 1.165) is 48.4 Å². The molecule has 192 valence electrons. The fourth-order valence-corrected chi connectivity index (χ4v) is 5.32. The number of amides is 1. The van der Waals surface area contributed by atoms with Crippen molar-refractivity contribution in [2.24, 2.45) is 0 Å². The number of rotatable bonds is 6. The number of carbonyl (C=O) groups is 1. The summed E-state index contributed by atoms with van der Waals surface area (Å²) in [5, 5.41) is 1.89. The van der Waals surface area contributed by atoms with E-state index in [1.165, 1.54) is 23.3 Å². The first-order valence-corrected chi connectivity index (χ1v) is 13.2. The Morgan fingerprint density at radius 1 is 1.14 bits per heavy atom. The summed E-state index contributed by atoms with van der Waals surface area (Å²) in [5.41, 5.74) is 4.47. The van der Waals surface area contributed by atoms with Crippen LogP contribution in [0.3, 0.4) is 0 Å². The smallest absolute Gasteiger partial charge is 0.256 e. The van der Waals surface area contributed by atoms with Gasteiger partial charge in [0.1, 0.15) is 5.82 Å². The third kappa shape index (κ3) is 5.27. The van der Waals surface area contributed by atoms with Crippen molar-refractivity contribution in [3.63, 3.8) is 0 Å². The van der Waals surface area contributed by atoms with Gasteiger partial charge in [-0.25, -0.2) is 4.39 Å². The number of hydrogen-bond donors (Lipinski definition) is 0. The number of hydrogen-bond acceptors (Lipinski definition) is 3. The predicted octanol–water partition coefficient (Wildman–Crippen LogP) is 6.68. The van der Waals surface area contributed by atoms with Crippen molar-refractivity contribution in [3.05, 3.63) is 94.7 Å². The summed E-state index contributed by atoms with van der Waals surface area (Å²) in [4.78, 5) is 21.8. The highest BCUT2D eigenvalue weighted by atomic mass is 35.5. The van der Waals surface area contributed by atoms with Gasteiger partial charge in [-0.05, 0) is 93.2 Å². The molecule has 0 atom stereocenters. The summed E-state index contributed by atoms with van der Waals surface area (Å²) in [5.74, 6) is -0.232. The SMILES string of the molecule is CC(C)N(C)C(=O)c1cc(F)ccc1-n1cc(C2CCN(Cc3ccc(Cl)cc3)CC2)c2ccncc21. The van der Waals surface area contributed by atoms with Crippen molar-refractivity contribution < 1.29 is 9.18 Å². The molecule has 3 heterocycles. The zero-order valence-electron chi connectivity index (χ0n) is 21.5. The second-order valence-electron chi connectivity index (χ2n) is 10.2. The summed E-state index contributed by atoms with van der Waals surface area (Å²) in [6, 6.07) is 14.6. The molecule has 0 N–H and O–H groups in total. The number of likely N-dealkylation sites (tertiary alicyclic amines) is 1. The quantitative estimate of drug-likeness (QED) is 0.286. The van der Waals surface area contributed by atoms with Crippen LogP contribution in [0.2, 0.25) is 5.02 Å². The maximum Gasteiger partial charge on any atom is 0.256 e. The number of fused-ring (bicyclic) bond motifs is 1. The Hall–Kier alpha value is -3.22. The molecule has 1 fully saturated rings. The van der Waals surface area contributed by atoms with Crippen LogP contribution in [0.15, 0.2) is 67.1 Å². The van der Waals surface area contributed by atoms with Crippen molar-refractivity contribution in [1.29, 1.82) is 0 Å². The highest BCUT2D eigenvalue weighted by Gasteiger charge is 2.26. The fourth-order valence-electron chi connectivity index (χ4n) is 5.19. The van der Waals surface area contributed by atoms with Crippen molar-refractivity contribution in [2.75, 3.05) is 20.1 Å². The molecule has 5 nitrogen and oxygen atoms in total. The third-order valence-electron chi connectivity index (χ3n) is 7.53. The Balaban J connectivity index is 1.45. The molecule has 4 aromatic rings. The van der Waals surface area contributed by atoms with Crippen molar-refractivity contribution in [2.45, 2.75) is 45.2 Å². The lowest BCUT2D eigenvalue weighted by molar-refractivity contribution is 0.0754. The monoisotopic (exact) mass is 518 g/mol. The first-order chi connectivity index (χ1) is 17.8. The largest absolute Gasteiger partial charge is 0.339 e. The van der Waals surface area contributed by atoms with E-state index >= 15 is 0 Å². The number of nitrogens with zero attached hydrogens (tertiary/aromatic N) is 4. The molecule has 0 bridgehead atoms. The maximum atomic E-state index is 14.3. The molecule has 0 saturated carbocycles. The second kappa shape index (κ2) is 10.6. The minimum absolute atomic E-state index is 0.000286. The van der Waals surface area contributed by atoms with E-state index in [9.17, 15) is 9.18 Å². The van der Waals surface area contributed by atoms with Gasteiger partial charge in [-0.2, -0.15) is 0 Å². The summed E-state index contributed by atoms with van der Waals surface area (Å²) < 4.78 is 16.3. The summed E-state index contributed by atoms with van der Waals surface area (Å²) in [7, 11) is 1.75. The van der Waals surface area contributed by atoms with Crippen LogP contribution in [-0.2, 0) is 6.54 Å². The van der Waals surface area contributed by atoms with Crippen LogP contribution in [-0.4, -0.2) is 51.4 Å². The molecule has 2 aromatic carbocycles. The molecule has 1 amide bonds. The van der Waals surface area contributed by atoms with E-state index in [1.807, 2.05) is 49.0 Å². The van der Waals surface area contributed by atoms with Gasteiger partial charge in [-0.15, -0.1) is 0 Å². The van der Waals surface area contributed by atoms with Crippen LogP contribution in [0, 0.1) is 5.82 Å². The Bertz CT molecular complexity index is 1410. The topological polar surface area (TPSA) is 41.4 Å². The first-order valence-electron chi connectivity index (χ1n) is 12.8. The van der Waals surface area contributed by atoms with Crippen LogP contribution in [0.25, 0.3) is 16.6 Å². The molecular weight excluding hydrogens is 487 g/mol. The molecule has 7 heteroatoms. The Morgan fingerprint density at radius 2 is 1.86 bits per heavy atom. The molecule has 0 spiro atoms. The van der Waals surface area contributed by atoms with E-state index in [2.05, 4.69) is 28.2 Å². The average Bonchev–Trinajstić information content (AvgIpc) is 3.29. The minimum Gasteiger partial charge on any atom is -0.339 e. The van der Waals surface area contributed by atoms with Crippen LogP contribution in [0.4, 0.5) is 4.39 Å². The van der Waals surface area contributed by atoms with Crippen molar-refractivity contribution >= 4 is 28.4 Å². The standard InChI is InChI=1S/C30H32ClFN4O/c1-20(2)34(3)30(37)26-16-24(32)8-9-28(26)36-19-27(25-10-13-33-17-29(25)36)22-11-14-35(15-12-22)18-21-4-6-23(31)7-5-21/h4-10,13,16-17,19-20,22H,11-12,14-15,18H2,1-3H3. The predicted molar refractivity (Wildman–Crippen MR) is 147 cm³/mol. The van der Waals surface area contributed by atoms with E-state index in [4.69, 9.17) is 11.6 Å². The highest BCUT2D eigenvalue weighted by Crippen LogP contribution is 2.36. The average molecular weight is 519 g/mol. The summed E-state index contributed by atoms with van der Waals surface area (Å²) in [6.45, 7) is 6.82. The van der Waals surface area contributed by atoms with Crippen molar-refractivity contribution in [1.82, 2.24) is 19.4 Å². The van der Waals surface area contributed by atoms with Gasteiger partial charge in [0, 0.05) is 42.4 Å². The van der Waals surface area contributed by atoms with Gasteiger partial charge in [0.25, 0.3) is 5.91 Å². The van der Waals surface area contributed by atoms with E-state index in [0.29, 0.717) is 17.2 Å². The lowest BCUT2D eigenvalue weighted by atomic mass is 9.89. The molecule has 5 rings (SSSR count). The normalized spacial score (nSPS) is 15.0. The Labute approximate surface area is 222 Å². The highest BCUT2D eigenvalue weighted by molar-refractivity contribution is 6.30.